The first-order chi connectivity index (χ1) is 8.78. The van der Waals surface area contributed by atoms with Crippen LogP contribution in [0.2, 0.25) is 0 Å². The van der Waals surface area contributed by atoms with E-state index in [1.807, 2.05) is 23.6 Å². The lowest BCUT2D eigenvalue weighted by Gasteiger charge is -2.03. The maximum absolute atomic E-state index is 11.4. The van der Waals surface area contributed by atoms with Gasteiger partial charge in [-0.1, -0.05) is 12.1 Å². The third-order valence-corrected chi connectivity index (χ3v) is 3.75. The minimum absolute atomic E-state index is 0.0197. The number of thiazole rings is 1. The maximum Gasteiger partial charge on any atom is 0.228 e. The number of carbonyl (C=O) groups excluding carboxylic acids is 1. The number of carbonyl (C=O) groups is 1. The Morgan fingerprint density at radius 3 is 3.22 bits per heavy atom. The summed E-state index contributed by atoms with van der Waals surface area (Å²) in [5, 5.41) is 14.2. The van der Waals surface area contributed by atoms with E-state index < -0.39 is 0 Å². The van der Waals surface area contributed by atoms with Crippen LogP contribution in [0.4, 0.5) is 5.69 Å². The minimum atomic E-state index is 0.0197. The third kappa shape index (κ3) is 1.77. The number of hydrogen-bond acceptors (Lipinski definition) is 4. The van der Waals surface area contributed by atoms with Gasteiger partial charge in [-0.25, -0.2) is 4.98 Å². The number of rotatable bonds is 2. The van der Waals surface area contributed by atoms with Crippen molar-refractivity contribution in [3.63, 3.8) is 0 Å². The van der Waals surface area contributed by atoms with Crippen LogP contribution < -0.4 is 5.32 Å². The molecule has 1 aliphatic rings. The average molecular weight is 255 g/mol. The molecule has 0 spiro atoms. The summed E-state index contributed by atoms with van der Waals surface area (Å²) >= 11 is 1.51. The van der Waals surface area contributed by atoms with E-state index in [1.54, 1.807) is 0 Å². The zero-order valence-corrected chi connectivity index (χ0v) is 10.3. The highest BCUT2D eigenvalue weighted by Crippen LogP contribution is 2.34. The standard InChI is InChI=1S/C13H9N3OS/c14-5-4-8-7-18-13(15-8)9-2-1-3-11-10(9)6-12(17)16-11/h1-3,7H,4,6H2,(H,16,17). The van der Waals surface area contributed by atoms with Crippen molar-refractivity contribution in [2.45, 2.75) is 12.8 Å². The second-order valence-corrected chi connectivity index (χ2v) is 4.89. The molecular formula is C13H9N3OS. The van der Waals surface area contributed by atoms with Crippen LogP contribution in [-0.2, 0) is 17.6 Å². The van der Waals surface area contributed by atoms with Gasteiger partial charge in [0.1, 0.15) is 5.01 Å². The Labute approximate surface area is 108 Å². The summed E-state index contributed by atoms with van der Waals surface area (Å²) in [5.74, 6) is 0.0197. The van der Waals surface area contributed by atoms with E-state index in [9.17, 15) is 4.79 Å². The zero-order valence-electron chi connectivity index (χ0n) is 9.43. The van der Waals surface area contributed by atoms with Crippen LogP contribution in [0.15, 0.2) is 23.6 Å². The monoisotopic (exact) mass is 255 g/mol. The summed E-state index contributed by atoms with van der Waals surface area (Å²) in [4.78, 5) is 15.8. The fourth-order valence-corrected chi connectivity index (χ4v) is 2.91. The quantitative estimate of drug-likeness (QED) is 0.895. The Morgan fingerprint density at radius 2 is 2.39 bits per heavy atom. The summed E-state index contributed by atoms with van der Waals surface area (Å²) in [6, 6.07) is 7.86. The normalized spacial score (nSPS) is 12.9. The molecule has 0 aliphatic carbocycles. The van der Waals surface area contributed by atoms with Crippen molar-refractivity contribution < 1.29 is 4.79 Å². The second-order valence-electron chi connectivity index (χ2n) is 4.04. The molecule has 1 amide bonds. The highest BCUT2D eigenvalue weighted by Gasteiger charge is 2.22. The van der Waals surface area contributed by atoms with Gasteiger partial charge in [-0.2, -0.15) is 5.26 Å². The molecule has 0 atom stereocenters. The van der Waals surface area contributed by atoms with Crippen LogP contribution in [0.25, 0.3) is 10.6 Å². The topological polar surface area (TPSA) is 65.8 Å². The van der Waals surface area contributed by atoms with E-state index in [2.05, 4.69) is 16.4 Å². The van der Waals surface area contributed by atoms with Crippen molar-refractivity contribution in [3.8, 4) is 16.6 Å². The average Bonchev–Trinajstić information content (AvgIpc) is 2.94. The van der Waals surface area contributed by atoms with E-state index in [0.29, 0.717) is 12.8 Å². The number of nitriles is 1. The Kier molecular flexibility index (Phi) is 2.58. The van der Waals surface area contributed by atoms with Crippen LogP contribution in [0, 0.1) is 11.3 Å². The number of amides is 1. The van der Waals surface area contributed by atoms with Gasteiger partial charge in [-0.05, 0) is 11.6 Å². The Hall–Kier alpha value is -2.19. The molecule has 18 heavy (non-hydrogen) atoms. The van der Waals surface area contributed by atoms with Crippen molar-refractivity contribution >= 4 is 22.9 Å². The lowest BCUT2D eigenvalue weighted by Crippen LogP contribution is -2.03. The van der Waals surface area contributed by atoms with Crippen molar-refractivity contribution in [2.75, 3.05) is 5.32 Å². The predicted octanol–water partition coefficient (Wildman–Crippen LogP) is 2.37. The van der Waals surface area contributed by atoms with Gasteiger partial charge < -0.3 is 5.32 Å². The molecule has 3 rings (SSSR count). The number of fused-ring (bicyclic) bond motifs is 1. The molecular weight excluding hydrogens is 246 g/mol. The molecule has 0 fully saturated rings. The number of hydrogen-bond donors (Lipinski definition) is 1. The molecule has 4 nitrogen and oxygen atoms in total. The molecule has 1 aromatic carbocycles. The van der Waals surface area contributed by atoms with Crippen molar-refractivity contribution in [1.82, 2.24) is 4.98 Å². The van der Waals surface area contributed by atoms with Gasteiger partial charge in [0.2, 0.25) is 5.91 Å². The Balaban J connectivity index is 2.05. The van der Waals surface area contributed by atoms with E-state index in [1.165, 1.54) is 11.3 Å². The molecule has 1 N–H and O–H groups in total. The van der Waals surface area contributed by atoms with Gasteiger partial charge in [0.25, 0.3) is 0 Å². The minimum Gasteiger partial charge on any atom is -0.326 e. The predicted molar refractivity (Wildman–Crippen MR) is 69.2 cm³/mol. The Morgan fingerprint density at radius 1 is 1.50 bits per heavy atom. The van der Waals surface area contributed by atoms with Crippen LogP contribution in [0.3, 0.4) is 0 Å². The van der Waals surface area contributed by atoms with E-state index in [-0.39, 0.29) is 5.91 Å². The van der Waals surface area contributed by atoms with Crippen LogP contribution in [-0.4, -0.2) is 10.9 Å². The molecule has 0 radical (unpaired) electrons. The highest BCUT2D eigenvalue weighted by molar-refractivity contribution is 7.13. The van der Waals surface area contributed by atoms with E-state index >= 15 is 0 Å². The molecule has 88 valence electrons. The van der Waals surface area contributed by atoms with Crippen LogP contribution >= 0.6 is 11.3 Å². The first kappa shape index (κ1) is 10.9. The molecule has 1 aliphatic heterocycles. The summed E-state index contributed by atoms with van der Waals surface area (Å²) in [6.45, 7) is 0. The van der Waals surface area contributed by atoms with Gasteiger partial charge in [0, 0.05) is 16.6 Å². The van der Waals surface area contributed by atoms with Crippen molar-refractivity contribution in [2.24, 2.45) is 0 Å². The highest BCUT2D eigenvalue weighted by atomic mass is 32.1. The smallest absolute Gasteiger partial charge is 0.228 e. The number of nitrogens with zero attached hydrogens (tertiary/aromatic N) is 2. The van der Waals surface area contributed by atoms with Gasteiger partial charge in [0.15, 0.2) is 0 Å². The lowest BCUT2D eigenvalue weighted by molar-refractivity contribution is -0.115. The summed E-state index contributed by atoms with van der Waals surface area (Å²) in [7, 11) is 0. The van der Waals surface area contributed by atoms with Gasteiger partial charge in [-0.15, -0.1) is 11.3 Å². The maximum atomic E-state index is 11.4. The fourth-order valence-electron chi connectivity index (χ4n) is 2.04. The summed E-state index contributed by atoms with van der Waals surface area (Å²) in [6.07, 6.45) is 0.724. The van der Waals surface area contributed by atoms with E-state index in [0.717, 1.165) is 27.5 Å². The van der Waals surface area contributed by atoms with Gasteiger partial charge >= 0.3 is 0 Å². The fraction of sp³-hybridized carbons (Fsp3) is 0.154. The van der Waals surface area contributed by atoms with E-state index in [4.69, 9.17) is 5.26 Å². The van der Waals surface area contributed by atoms with Crippen LogP contribution in [0.1, 0.15) is 11.3 Å². The molecule has 0 unspecified atom stereocenters. The second kappa shape index (κ2) is 4.24. The molecule has 2 aromatic rings. The zero-order chi connectivity index (χ0) is 12.5. The molecule has 5 heteroatoms. The van der Waals surface area contributed by atoms with Crippen LogP contribution in [0.5, 0.6) is 0 Å². The SMILES string of the molecule is N#CCc1csc(-c2cccc3c2CC(=O)N3)n1. The van der Waals surface area contributed by atoms with Gasteiger partial charge in [-0.3, -0.25) is 4.79 Å². The number of nitrogens with one attached hydrogen (secondary N) is 1. The van der Waals surface area contributed by atoms with Crippen molar-refractivity contribution in [1.29, 1.82) is 5.26 Å². The molecule has 0 bridgehead atoms. The molecule has 0 saturated heterocycles. The number of anilines is 1. The lowest BCUT2D eigenvalue weighted by atomic mass is 10.1. The van der Waals surface area contributed by atoms with Crippen molar-refractivity contribution in [3.05, 3.63) is 34.8 Å². The number of benzene rings is 1. The Bertz CT molecular complexity index is 669. The first-order valence-corrected chi connectivity index (χ1v) is 6.39. The molecule has 1 aromatic heterocycles. The molecule has 0 saturated carbocycles. The summed E-state index contributed by atoms with van der Waals surface area (Å²) in [5.41, 5.74) is 3.64. The summed E-state index contributed by atoms with van der Waals surface area (Å²) < 4.78 is 0. The van der Waals surface area contributed by atoms with Gasteiger partial charge in [0.05, 0.1) is 24.6 Å². The largest absolute Gasteiger partial charge is 0.326 e. The molecule has 2 heterocycles. The third-order valence-electron chi connectivity index (χ3n) is 2.83. The first-order valence-electron chi connectivity index (χ1n) is 5.51. The number of aromatic nitrogens is 1.